The van der Waals surface area contributed by atoms with E-state index in [1.165, 1.54) is 0 Å². The third-order valence-electron chi connectivity index (χ3n) is 5.14. The fraction of sp³-hybridized carbons (Fsp3) is 0.217. The number of thiocarbonyl (C=S) groups is 1. The molecular formula is C23H23N7S. The highest BCUT2D eigenvalue weighted by Crippen LogP contribution is 2.27. The number of hydrogen-bond donors (Lipinski definition) is 2. The van der Waals surface area contributed by atoms with Gasteiger partial charge in [0.2, 0.25) is 0 Å². The van der Waals surface area contributed by atoms with E-state index in [9.17, 15) is 0 Å². The maximum Gasteiger partial charge on any atom is 0.129 e. The minimum atomic E-state index is 0.204. The van der Waals surface area contributed by atoms with Crippen molar-refractivity contribution in [1.82, 2.24) is 30.2 Å². The first-order chi connectivity index (χ1) is 15.1. The van der Waals surface area contributed by atoms with Crippen LogP contribution in [0.2, 0.25) is 0 Å². The standard InChI is InChI=1S/C23H23N7S/c1-14(17-5-4-6-18-19(23(31)24-3)7-8-25-22(17)18)10-28-21-9-20(29-13-30-21)16-11-26-15(2)27-12-16/h4-9,11-14H,10H2,1-3H3,(H,24,31)(H,28,29,30). The third-order valence-corrected chi connectivity index (χ3v) is 5.56. The highest BCUT2D eigenvalue weighted by molar-refractivity contribution is 7.80. The van der Waals surface area contributed by atoms with E-state index in [0.717, 1.165) is 44.9 Å². The molecule has 7 nitrogen and oxygen atoms in total. The number of nitrogens with one attached hydrogen (secondary N) is 2. The van der Waals surface area contributed by atoms with Gasteiger partial charge in [0.05, 0.1) is 11.2 Å². The van der Waals surface area contributed by atoms with E-state index in [2.05, 4.69) is 60.7 Å². The van der Waals surface area contributed by atoms with E-state index in [0.29, 0.717) is 11.5 Å². The predicted molar refractivity (Wildman–Crippen MR) is 127 cm³/mol. The summed E-state index contributed by atoms with van der Waals surface area (Å²) < 4.78 is 0. The molecule has 0 radical (unpaired) electrons. The maximum atomic E-state index is 5.46. The summed E-state index contributed by atoms with van der Waals surface area (Å²) in [6.07, 6.45) is 6.90. The number of rotatable bonds is 6. The number of benzene rings is 1. The van der Waals surface area contributed by atoms with E-state index in [-0.39, 0.29) is 5.92 Å². The Morgan fingerprint density at radius 1 is 1.06 bits per heavy atom. The van der Waals surface area contributed by atoms with Gasteiger partial charge >= 0.3 is 0 Å². The topological polar surface area (TPSA) is 88.5 Å². The molecule has 0 saturated heterocycles. The average Bonchev–Trinajstić information content (AvgIpc) is 2.82. The average molecular weight is 430 g/mol. The SMILES string of the molecule is CNC(=S)c1ccnc2c(C(C)CNc3cc(-c4cnc(C)nc4)ncn3)cccc12. The zero-order valence-corrected chi connectivity index (χ0v) is 18.4. The molecular weight excluding hydrogens is 406 g/mol. The highest BCUT2D eigenvalue weighted by atomic mass is 32.1. The van der Waals surface area contributed by atoms with Crippen molar-refractivity contribution in [3.8, 4) is 11.3 Å². The molecule has 0 amide bonds. The zero-order valence-electron chi connectivity index (χ0n) is 17.6. The van der Waals surface area contributed by atoms with Crippen LogP contribution in [0.3, 0.4) is 0 Å². The van der Waals surface area contributed by atoms with Crippen molar-refractivity contribution in [2.24, 2.45) is 0 Å². The van der Waals surface area contributed by atoms with Gasteiger partial charge in [0.25, 0.3) is 0 Å². The smallest absolute Gasteiger partial charge is 0.129 e. The number of aromatic nitrogens is 5. The lowest BCUT2D eigenvalue weighted by Gasteiger charge is -2.17. The first-order valence-corrected chi connectivity index (χ1v) is 10.4. The van der Waals surface area contributed by atoms with Crippen molar-refractivity contribution in [1.29, 1.82) is 0 Å². The monoisotopic (exact) mass is 429 g/mol. The molecule has 3 aromatic heterocycles. The van der Waals surface area contributed by atoms with Crippen LogP contribution in [0.25, 0.3) is 22.2 Å². The van der Waals surface area contributed by atoms with Gasteiger partial charge in [0.15, 0.2) is 0 Å². The van der Waals surface area contributed by atoms with Crippen LogP contribution in [0.1, 0.15) is 29.8 Å². The number of aryl methyl sites for hydroxylation is 1. The van der Waals surface area contributed by atoms with Crippen molar-refractivity contribution < 1.29 is 0 Å². The van der Waals surface area contributed by atoms with Crippen LogP contribution in [0, 0.1) is 6.92 Å². The van der Waals surface area contributed by atoms with Crippen LogP contribution in [0.15, 0.2) is 55.2 Å². The van der Waals surface area contributed by atoms with Crippen LogP contribution >= 0.6 is 12.2 Å². The Morgan fingerprint density at radius 3 is 2.65 bits per heavy atom. The Bertz CT molecular complexity index is 1220. The molecule has 0 aliphatic heterocycles. The lowest BCUT2D eigenvalue weighted by molar-refractivity contribution is 0.805. The minimum Gasteiger partial charge on any atom is -0.379 e. The van der Waals surface area contributed by atoms with Crippen molar-refractivity contribution in [3.05, 3.63) is 72.2 Å². The highest BCUT2D eigenvalue weighted by Gasteiger charge is 2.14. The zero-order chi connectivity index (χ0) is 21.8. The Balaban J connectivity index is 1.55. The first-order valence-electron chi connectivity index (χ1n) is 10.0. The van der Waals surface area contributed by atoms with E-state index >= 15 is 0 Å². The van der Waals surface area contributed by atoms with Crippen LogP contribution in [-0.4, -0.2) is 43.5 Å². The van der Waals surface area contributed by atoms with Crippen LogP contribution < -0.4 is 10.6 Å². The largest absolute Gasteiger partial charge is 0.379 e. The van der Waals surface area contributed by atoms with Gasteiger partial charge in [-0.2, -0.15) is 0 Å². The summed E-state index contributed by atoms with van der Waals surface area (Å²) in [5.41, 5.74) is 4.75. The van der Waals surface area contributed by atoms with Gasteiger partial charge in [-0.3, -0.25) is 4.98 Å². The second-order valence-corrected chi connectivity index (χ2v) is 7.68. The second-order valence-electron chi connectivity index (χ2n) is 7.27. The van der Waals surface area contributed by atoms with Crippen molar-refractivity contribution in [3.63, 3.8) is 0 Å². The second kappa shape index (κ2) is 9.09. The summed E-state index contributed by atoms with van der Waals surface area (Å²) in [5, 5.41) is 7.53. The Kier molecular flexibility index (Phi) is 6.08. The van der Waals surface area contributed by atoms with Gasteiger partial charge in [0, 0.05) is 60.7 Å². The minimum absolute atomic E-state index is 0.204. The summed E-state index contributed by atoms with van der Waals surface area (Å²) in [4.78, 5) is 22.5. The van der Waals surface area contributed by atoms with E-state index in [1.807, 2.05) is 32.3 Å². The molecule has 156 valence electrons. The van der Waals surface area contributed by atoms with E-state index < -0.39 is 0 Å². The number of nitrogens with zero attached hydrogens (tertiary/aromatic N) is 5. The molecule has 4 aromatic rings. The Hall–Kier alpha value is -3.52. The van der Waals surface area contributed by atoms with Gasteiger partial charge in [-0.05, 0) is 18.6 Å². The Labute approximate surface area is 186 Å². The molecule has 0 saturated carbocycles. The van der Waals surface area contributed by atoms with Crippen LogP contribution in [0.5, 0.6) is 0 Å². The van der Waals surface area contributed by atoms with E-state index in [1.54, 1.807) is 18.7 Å². The third kappa shape index (κ3) is 4.49. The fourth-order valence-electron chi connectivity index (χ4n) is 3.43. The normalized spacial score (nSPS) is 11.8. The van der Waals surface area contributed by atoms with Crippen molar-refractivity contribution in [2.45, 2.75) is 19.8 Å². The summed E-state index contributed by atoms with van der Waals surface area (Å²) in [7, 11) is 1.84. The molecule has 0 bridgehead atoms. The fourth-order valence-corrected chi connectivity index (χ4v) is 3.61. The number of hydrogen-bond acceptors (Lipinski definition) is 7. The van der Waals surface area contributed by atoms with Crippen molar-refractivity contribution >= 4 is 33.9 Å². The lowest BCUT2D eigenvalue weighted by Crippen LogP contribution is -2.17. The van der Waals surface area contributed by atoms with Gasteiger partial charge in [-0.1, -0.05) is 37.3 Å². The Morgan fingerprint density at radius 2 is 1.87 bits per heavy atom. The quantitative estimate of drug-likeness (QED) is 0.446. The van der Waals surface area contributed by atoms with E-state index in [4.69, 9.17) is 12.2 Å². The summed E-state index contributed by atoms with van der Waals surface area (Å²) in [6.45, 7) is 4.72. The summed E-state index contributed by atoms with van der Waals surface area (Å²) in [5.74, 6) is 1.69. The molecule has 1 aromatic carbocycles. The number of para-hydroxylation sites is 1. The summed E-state index contributed by atoms with van der Waals surface area (Å²) in [6, 6.07) is 10.1. The molecule has 0 aliphatic rings. The molecule has 3 heterocycles. The molecule has 1 atom stereocenters. The lowest BCUT2D eigenvalue weighted by atomic mass is 9.96. The molecule has 1 unspecified atom stereocenters. The van der Waals surface area contributed by atoms with Crippen LogP contribution in [0.4, 0.5) is 5.82 Å². The van der Waals surface area contributed by atoms with Gasteiger partial charge in [-0.25, -0.2) is 19.9 Å². The molecule has 8 heteroatoms. The van der Waals surface area contributed by atoms with Gasteiger partial charge < -0.3 is 10.6 Å². The molecule has 2 N–H and O–H groups in total. The molecule has 4 rings (SSSR count). The molecule has 0 aliphatic carbocycles. The predicted octanol–water partition coefficient (Wildman–Crippen LogP) is 3.90. The van der Waals surface area contributed by atoms with Crippen LogP contribution in [-0.2, 0) is 0 Å². The molecule has 0 fully saturated rings. The van der Waals surface area contributed by atoms with Gasteiger partial charge in [0.1, 0.15) is 23.0 Å². The maximum absolute atomic E-state index is 5.46. The first kappa shape index (κ1) is 20.7. The molecule has 0 spiro atoms. The van der Waals surface area contributed by atoms with Crippen molar-refractivity contribution in [2.75, 3.05) is 18.9 Å². The number of pyridine rings is 1. The summed E-state index contributed by atoms with van der Waals surface area (Å²) >= 11 is 5.46. The number of anilines is 1. The molecule has 31 heavy (non-hydrogen) atoms. The number of fused-ring (bicyclic) bond motifs is 1. The van der Waals surface area contributed by atoms with Gasteiger partial charge in [-0.15, -0.1) is 0 Å².